The molecule has 2 aromatic rings. The van der Waals surface area contributed by atoms with Crippen LogP contribution in [0, 0.1) is 0 Å². The van der Waals surface area contributed by atoms with Gasteiger partial charge in [0.15, 0.2) is 5.16 Å². The SMILES string of the molecule is CSc1nccn1-c1ccc(C(=O)NCC[C@H]2CCCO2)cc1. The van der Waals surface area contributed by atoms with E-state index in [1.54, 1.807) is 18.0 Å². The first-order valence-electron chi connectivity index (χ1n) is 7.85. The number of hydrogen-bond donors (Lipinski definition) is 1. The van der Waals surface area contributed by atoms with Gasteiger partial charge in [0.25, 0.3) is 5.91 Å². The van der Waals surface area contributed by atoms with Crippen LogP contribution in [0.2, 0.25) is 0 Å². The average molecular weight is 331 g/mol. The fourth-order valence-electron chi connectivity index (χ4n) is 2.73. The second-order valence-corrected chi connectivity index (χ2v) is 6.28. The summed E-state index contributed by atoms with van der Waals surface area (Å²) in [6.07, 6.45) is 9.12. The van der Waals surface area contributed by atoms with E-state index in [-0.39, 0.29) is 5.91 Å². The van der Waals surface area contributed by atoms with Crippen molar-refractivity contribution in [2.24, 2.45) is 0 Å². The summed E-state index contributed by atoms with van der Waals surface area (Å²) in [6.45, 7) is 1.51. The number of nitrogens with zero attached hydrogens (tertiary/aromatic N) is 2. The van der Waals surface area contributed by atoms with Crippen molar-refractivity contribution >= 4 is 17.7 Å². The molecule has 0 saturated carbocycles. The standard InChI is InChI=1S/C17H21N3O2S/c1-23-17-19-10-11-20(17)14-6-4-13(5-7-14)16(21)18-9-8-15-3-2-12-22-15/h4-7,10-11,15H,2-3,8-9,12H2,1H3,(H,18,21)/t15-/m1/s1. The van der Waals surface area contributed by atoms with Gasteiger partial charge in [-0.1, -0.05) is 11.8 Å². The van der Waals surface area contributed by atoms with E-state index in [4.69, 9.17) is 4.74 Å². The summed E-state index contributed by atoms with van der Waals surface area (Å²) in [7, 11) is 0. The van der Waals surface area contributed by atoms with Gasteiger partial charge in [0.2, 0.25) is 0 Å². The molecule has 1 aromatic carbocycles. The first-order valence-corrected chi connectivity index (χ1v) is 9.08. The number of carbonyl (C=O) groups excluding carboxylic acids is 1. The van der Waals surface area contributed by atoms with Crippen LogP contribution in [-0.4, -0.2) is 41.0 Å². The molecule has 1 N–H and O–H groups in total. The van der Waals surface area contributed by atoms with Crippen molar-refractivity contribution in [2.45, 2.75) is 30.5 Å². The van der Waals surface area contributed by atoms with Crippen LogP contribution in [0.4, 0.5) is 0 Å². The first-order chi connectivity index (χ1) is 11.3. The lowest BCUT2D eigenvalue weighted by molar-refractivity contribution is 0.0907. The van der Waals surface area contributed by atoms with Crippen molar-refractivity contribution < 1.29 is 9.53 Å². The van der Waals surface area contributed by atoms with Gasteiger partial charge in [0.1, 0.15) is 0 Å². The Morgan fingerprint density at radius 3 is 2.96 bits per heavy atom. The maximum absolute atomic E-state index is 12.2. The second-order valence-electron chi connectivity index (χ2n) is 5.51. The van der Waals surface area contributed by atoms with Crippen LogP contribution < -0.4 is 5.32 Å². The predicted octanol–water partition coefficient (Wildman–Crippen LogP) is 2.89. The number of thioether (sulfide) groups is 1. The fraction of sp³-hybridized carbons (Fsp3) is 0.412. The molecule has 0 bridgehead atoms. The van der Waals surface area contributed by atoms with Crippen molar-refractivity contribution in [3.8, 4) is 5.69 Å². The average Bonchev–Trinajstić information content (AvgIpc) is 3.26. The predicted molar refractivity (Wildman–Crippen MR) is 91.3 cm³/mol. The molecule has 1 amide bonds. The topological polar surface area (TPSA) is 56.2 Å². The van der Waals surface area contributed by atoms with Crippen LogP contribution in [0.1, 0.15) is 29.6 Å². The van der Waals surface area contributed by atoms with Gasteiger partial charge in [-0.2, -0.15) is 0 Å². The smallest absolute Gasteiger partial charge is 0.251 e. The summed E-state index contributed by atoms with van der Waals surface area (Å²) >= 11 is 1.59. The van der Waals surface area contributed by atoms with E-state index >= 15 is 0 Å². The Balaban J connectivity index is 1.57. The van der Waals surface area contributed by atoms with Crippen LogP contribution >= 0.6 is 11.8 Å². The quantitative estimate of drug-likeness (QED) is 0.827. The van der Waals surface area contributed by atoms with Gasteiger partial charge in [0, 0.05) is 36.8 Å². The molecule has 1 atom stereocenters. The fourth-order valence-corrected chi connectivity index (χ4v) is 3.26. The highest BCUT2D eigenvalue weighted by Gasteiger charge is 2.15. The van der Waals surface area contributed by atoms with Gasteiger partial charge in [-0.3, -0.25) is 9.36 Å². The highest BCUT2D eigenvalue weighted by atomic mass is 32.2. The Kier molecular flexibility index (Phi) is 5.35. The molecule has 23 heavy (non-hydrogen) atoms. The van der Waals surface area contributed by atoms with E-state index < -0.39 is 0 Å². The monoisotopic (exact) mass is 331 g/mol. The molecule has 1 aromatic heterocycles. The van der Waals surface area contributed by atoms with Gasteiger partial charge in [0.05, 0.1) is 6.10 Å². The molecule has 0 spiro atoms. The van der Waals surface area contributed by atoms with Gasteiger partial charge in [-0.25, -0.2) is 4.98 Å². The number of nitrogens with one attached hydrogen (secondary N) is 1. The molecule has 122 valence electrons. The molecule has 1 fully saturated rings. The van der Waals surface area contributed by atoms with Gasteiger partial charge in [-0.15, -0.1) is 0 Å². The Hall–Kier alpha value is -1.79. The molecule has 0 unspecified atom stereocenters. The molecular formula is C17H21N3O2S. The van der Waals surface area contributed by atoms with Crippen molar-refractivity contribution in [1.82, 2.24) is 14.9 Å². The number of rotatable bonds is 6. The third kappa shape index (κ3) is 3.95. The highest BCUT2D eigenvalue weighted by molar-refractivity contribution is 7.98. The number of amides is 1. The first kappa shape index (κ1) is 16.1. The maximum Gasteiger partial charge on any atom is 0.251 e. The minimum atomic E-state index is -0.0368. The molecule has 2 heterocycles. The molecule has 6 heteroatoms. The lowest BCUT2D eigenvalue weighted by Crippen LogP contribution is -2.27. The van der Waals surface area contributed by atoms with E-state index in [1.807, 2.05) is 41.3 Å². The number of imidazole rings is 1. The number of aromatic nitrogens is 2. The number of hydrogen-bond acceptors (Lipinski definition) is 4. The second kappa shape index (κ2) is 7.66. The summed E-state index contributed by atoms with van der Waals surface area (Å²) in [5, 5.41) is 3.89. The summed E-state index contributed by atoms with van der Waals surface area (Å²) in [4.78, 5) is 16.4. The molecule has 5 nitrogen and oxygen atoms in total. The Morgan fingerprint density at radius 1 is 1.43 bits per heavy atom. The Labute approximate surface area is 140 Å². The third-order valence-electron chi connectivity index (χ3n) is 3.97. The lowest BCUT2D eigenvalue weighted by Gasteiger charge is -2.11. The minimum Gasteiger partial charge on any atom is -0.378 e. The zero-order valence-electron chi connectivity index (χ0n) is 13.2. The maximum atomic E-state index is 12.2. The van der Waals surface area contributed by atoms with Crippen LogP contribution in [0.25, 0.3) is 5.69 Å². The molecule has 0 radical (unpaired) electrons. The normalized spacial score (nSPS) is 17.3. The Morgan fingerprint density at radius 2 is 2.26 bits per heavy atom. The van der Waals surface area contributed by atoms with Crippen molar-refractivity contribution in [2.75, 3.05) is 19.4 Å². The zero-order valence-corrected chi connectivity index (χ0v) is 14.0. The summed E-state index contributed by atoms with van der Waals surface area (Å²) in [6, 6.07) is 7.58. The van der Waals surface area contributed by atoms with Crippen LogP contribution in [-0.2, 0) is 4.74 Å². The van der Waals surface area contributed by atoms with Crippen molar-refractivity contribution in [3.05, 3.63) is 42.2 Å². The van der Waals surface area contributed by atoms with Gasteiger partial charge >= 0.3 is 0 Å². The largest absolute Gasteiger partial charge is 0.378 e. The van der Waals surface area contributed by atoms with Crippen LogP contribution in [0.5, 0.6) is 0 Å². The van der Waals surface area contributed by atoms with E-state index in [1.165, 1.54) is 0 Å². The minimum absolute atomic E-state index is 0.0368. The molecule has 3 rings (SSSR count). The molecule has 1 aliphatic heterocycles. The van der Waals surface area contributed by atoms with Gasteiger partial charge in [-0.05, 0) is 49.8 Å². The van der Waals surface area contributed by atoms with Gasteiger partial charge < -0.3 is 10.1 Å². The van der Waals surface area contributed by atoms with Crippen molar-refractivity contribution in [3.63, 3.8) is 0 Å². The Bertz CT molecular complexity index is 648. The van der Waals surface area contributed by atoms with Crippen LogP contribution in [0.15, 0.2) is 41.8 Å². The summed E-state index contributed by atoms with van der Waals surface area (Å²) < 4.78 is 7.56. The number of benzene rings is 1. The molecule has 0 aliphatic carbocycles. The van der Waals surface area contributed by atoms with E-state index in [0.717, 1.165) is 36.7 Å². The highest BCUT2D eigenvalue weighted by Crippen LogP contribution is 2.18. The van der Waals surface area contributed by atoms with E-state index in [9.17, 15) is 4.79 Å². The van der Waals surface area contributed by atoms with E-state index in [0.29, 0.717) is 18.2 Å². The lowest BCUT2D eigenvalue weighted by atomic mass is 10.1. The third-order valence-corrected chi connectivity index (χ3v) is 4.64. The van der Waals surface area contributed by atoms with Crippen molar-refractivity contribution in [1.29, 1.82) is 0 Å². The molecule has 1 saturated heterocycles. The zero-order chi connectivity index (χ0) is 16.1. The summed E-state index contributed by atoms with van der Waals surface area (Å²) in [5.41, 5.74) is 1.68. The molecular weight excluding hydrogens is 310 g/mol. The molecule has 1 aliphatic rings. The number of ether oxygens (including phenoxy) is 1. The van der Waals surface area contributed by atoms with Crippen LogP contribution in [0.3, 0.4) is 0 Å². The number of carbonyl (C=O) groups is 1. The summed E-state index contributed by atoms with van der Waals surface area (Å²) in [5.74, 6) is -0.0368. The van der Waals surface area contributed by atoms with E-state index in [2.05, 4.69) is 10.3 Å².